The molecule has 0 radical (unpaired) electrons. The van der Waals surface area contributed by atoms with Crippen molar-refractivity contribution in [2.75, 3.05) is 25.6 Å². The zero-order valence-electron chi connectivity index (χ0n) is 12.1. The van der Waals surface area contributed by atoms with E-state index in [9.17, 15) is 0 Å². The Morgan fingerprint density at radius 3 is 3.00 bits per heavy atom. The lowest BCUT2D eigenvalue weighted by molar-refractivity contribution is 0.144. The number of hydrogen-bond acceptors (Lipinski definition) is 5. The van der Waals surface area contributed by atoms with Crippen molar-refractivity contribution in [1.29, 1.82) is 0 Å². The Morgan fingerprint density at radius 1 is 1.24 bits per heavy atom. The maximum Gasteiger partial charge on any atom is 0.213 e. The van der Waals surface area contributed by atoms with Crippen LogP contribution in [-0.2, 0) is 11.2 Å². The lowest BCUT2D eigenvalue weighted by Gasteiger charge is -2.14. The Bertz CT molecular complexity index is 586. The number of fused-ring (bicyclic) bond motifs is 1. The molecule has 3 rings (SSSR count). The van der Waals surface area contributed by atoms with Crippen LogP contribution in [0, 0.1) is 0 Å². The zero-order valence-corrected chi connectivity index (χ0v) is 12.1. The molecule has 2 aromatic heterocycles. The van der Waals surface area contributed by atoms with Crippen LogP contribution < -0.4 is 10.1 Å². The summed E-state index contributed by atoms with van der Waals surface area (Å²) in [5.74, 6) is 0.613. The molecule has 0 bridgehead atoms. The summed E-state index contributed by atoms with van der Waals surface area (Å²) < 4.78 is 10.4. The number of aromatic nitrogens is 2. The van der Waals surface area contributed by atoms with Gasteiger partial charge < -0.3 is 14.8 Å². The number of nitrogens with zero attached hydrogens (tertiary/aromatic N) is 2. The van der Waals surface area contributed by atoms with E-state index in [-0.39, 0.29) is 6.04 Å². The maximum atomic E-state index is 5.45. The van der Waals surface area contributed by atoms with Gasteiger partial charge in [-0.05, 0) is 30.5 Å². The van der Waals surface area contributed by atoms with E-state index in [2.05, 4.69) is 21.4 Å². The number of rotatable bonds is 6. The second-order valence-electron chi connectivity index (χ2n) is 5.01. The van der Waals surface area contributed by atoms with Crippen molar-refractivity contribution in [2.45, 2.75) is 18.9 Å². The van der Waals surface area contributed by atoms with Crippen molar-refractivity contribution in [3.63, 3.8) is 0 Å². The second kappa shape index (κ2) is 6.54. The monoisotopic (exact) mass is 285 g/mol. The standard InChI is InChI=1S/C16H19N3O2/c1-20-9-10-21-15-7-5-13(11-18-15)19-14-6-4-12-3-2-8-17-16(12)14/h2-3,5,7-8,11,14,19H,4,6,9-10H2,1H3. The molecule has 0 fully saturated rings. The molecule has 0 spiro atoms. The third kappa shape index (κ3) is 3.31. The van der Waals surface area contributed by atoms with Gasteiger partial charge in [0, 0.05) is 19.4 Å². The molecule has 0 aromatic carbocycles. The number of ether oxygens (including phenoxy) is 2. The van der Waals surface area contributed by atoms with Crippen LogP contribution in [0.1, 0.15) is 23.7 Å². The number of pyridine rings is 2. The first-order valence-corrected chi connectivity index (χ1v) is 7.15. The molecule has 1 N–H and O–H groups in total. The molecule has 110 valence electrons. The first-order valence-electron chi connectivity index (χ1n) is 7.15. The highest BCUT2D eigenvalue weighted by Gasteiger charge is 2.23. The molecule has 0 aliphatic heterocycles. The molecule has 5 nitrogen and oxygen atoms in total. The smallest absolute Gasteiger partial charge is 0.213 e. The molecule has 1 aliphatic carbocycles. The van der Waals surface area contributed by atoms with Crippen molar-refractivity contribution in [3.05, 3.63) is 47.9 Å². The minimum absolute atomic E-state index is 0.267. The molecule has 2 heterocycles. The summed E-state index contributed by atoms with van der Waals surface area (Å²) in [6.45, 7) is 1.07. The highest BCUT2D eigenvalue weighted by Crippen LogP contribution is 2.31. The molecule has 0 amide bonds. The van der Waals surface area contributed by atoms with Crippen molar-refractivity contribution in [3.8, 4) is 5.88 Å². The molecular formula is C16H19N3O2. The molecule has 0 saturated heterocycles. The van der Waals surface area contributed by atoms with Gasteiger partial charge in [0.2, 0.25) is 5.88 Å². The summed E-state index contributed by atoms with van der Waals surface area (Å²) in [6.07, 6.45) is 5.79. The Labute approximate surface area is 124 Å². The van der Waals surface area contributed by atoms with Crippen molar-refractivity contribution in [1.82, 2.24) is 9.97 Å². The summed E-state index contributed by atoms with van der Waals surface area (Å²) >= 11 is 0. The summed E-state index contributed by atoms with van der Waals surface area (Å²) in [6, 6.07) is 8.26. The fourth-order valence-electron chi connectivity index (χ4n) is 2.53. The van der Waals surface area contributed by atoms with Crippen LogP contribution in [0.3, 0.4) is 0 Å². The Hall–Kier alpha value is -2.14. The van der Waals surface area contributed by atoms with Gasteiger partial charge in [-0.1, -0.05) is 6.07 Å². The lowest BCUT2D eigenvalue weighted by atomic mass is 10.2. The number of hydrogen-bond donors (Lipinski definition) is 1. The van der Waals surface area contributed by atoms with Gasteiger partial charge in [-0.3, -0.25) is 4.98 Å². The fourth-order valence-corrected chi connectivity index (χ4v) is 2.53. The topological polar surface area (TPSA) is 56.3 Å². The first-order chi connectivity index (χ1) is 10.4. The average Bonchev–Trinajstić information content (AvgIpc) is 2.93. The molecule has 1 atom stereocenters. The van der Waals surface area contributed by atoms with E-state index >= 15 is 0 Å². The second-order valence-corrected chi connectivity index (χ2v) is 5.01. The van der Waals surface area contributed by atoms with Gasteiger partial charge in [-0.25, -0.2) is 4.98 Å². The molecule has 5 heteroatoms. The molecule has 1 unspecified atom stereocenters. The predicted octanol–water partition coefficient (Wildman–Crippen LogP) is 2.60. The zero-order chi connectivity index (χ0) is 14.5. The predicted molar refractivity (Wildman–Crippen MR) is 80.5 cm³/mol. The highest BCUT2D eigenvalue weighted by atomic mass is 16.5. The number of nitrogens with one attached hydrogen (secondary N) is 1. The van der Waals surface area contributed by atoms with Crippen LogP contribution in [0.25, 0.3) is 0 Å². The fraction of sp³-hybridized carbons (Fsp3) is 0.375. The van der Waals surface area contributed by atoms with Crippen LogP contribution >= 0.6 is 0 Å². The molecule has 2 aromatic rings. The average molecular weight is 285 g/mol. The normalized spacial score (nSPS) is 16.5. The van der Waals surface area contributed by atoms with E-state index in [1.807, 2.05) is 24.4 Å². The first kappa shape index (κ1) is 13.8. The summed E-state index contributed by atoms with van der Waals surface area (Å²) in [7, 11) is 1.65. The highest BCUT2D eigenvalue weighted by molar-refractivity contribution is 5.46. The number of anilines is 1. The van der Waals surface area contributed by atoms with Crippen molar-refractivity contribution in [2.24, 2.45) is 0 Å². The van der Waals surface area contributed by atoms with Crippen LogP contribution in [-0.4, -0.2) is 30.3 Å². The Balaban J connectivity index is 1.61. The maximum absolute atomic E-state index is 5.45. The van der Waals surface area contributed by atoms with E-state index in [0.717, 1.165) is 24.2 Å². The lowest BCUT2D eigenvalue weighted by Crippen LogP contribution is -2.09. The minimum atomic E-state index is 0.267. The Morgan fingerprint density at radius 2 is 2.19 bits per heavy atom. The minimum Gasteiger partial charge on any atom is -0.475 e. The van der Waals surface area contributed by atoms with Crippen LogP contribution in [0.15, 0.2) is 36.7 Å². The third-order valence-electron chi connectivity index (χ3n) is 3.57. The molecular weight excluding hydrogens is 266 g/mol. The van der Waals surface area contributed by atoms with Gasteiger partial charge >= 0.3 is 0 Å². The SMILES string of the molecule is COCCOc1ccc(NC2CCc3cccnc32)cn1. The molecule has 21 heavy (non-hydrogen) atoms. The van der Waals surface area contributed by atoms with Crippen LogP contribution in [0.2, 0.25) is 0 Å². The third-order valence-corrected chi connectivity index (χ3v) is 3.57. The van der Waals surface area contributed by atoms with Crippen LogP contribution in [0.5, 0.6) is 5.88 Å². The van der Waals surface area contributed by atoms with Gasteiger partial charge in [0.1, 0.15) is 6.61 Å². The summed E-state index contributed by atoms with van der Waals surface area (Å²) in [5, 5.41) is 3.49. The van der Waals surface area contributed by atoms with Gasteiger partial charge in [0.15, 0.2) is 0 Å². The van der Waals surface area contributed by atoms with E-state index < -0.39 is 0 Å². The summed E-state index contributed by atoms with van der Waals surface area (Å²) in [4.78, 5) is 8.77. The largest absolute Gasteiger partial charge is 0.475 e. The van der Waals surface area contributed by atoms with Gasteiger partial charge in [-0.15, -0.1) is 0 Å². The van der Waals surface area contributed by atoms with Gasteiger partial charge in [0.25, 0.3) is 0 Å². The molecule has 1 aliphatic rings. The van der Waals surface area contributed by atoms with Crippen molar-refractivity contribution < 1.29 is 9.47 Å². The van der Waals surface area contributed by atoms with E-state index in [0.29, 0.717) is 19.1 Å². The van der Waals surface area contributed by atoms with E-state index in [1.165, 1.54) is 5.56 Å². The molecule has 0 saturated carbocycles. The van der Waals surface area contributed by atoms with Gasteiger partial charge in [0.05, 0.1) is 30.2 Å². The number of methoxy groups -OCH3 is 1. The van der Waals surface area contributed by atoms with E-state index in [4.69, 9.17) is 9.47 Å². The number of aryl methyl sites for hydroxylation is 1. The van der Waals surface area contributed by atoms with Crippen molar-refractivity contribution >= 4 is 5.69 Å². The Kier molecular flexibility index (Phi) is 4.31. The summed E-state index contributed by atoms with van der Waals surface area (Å²) in [5.41, 5.74) is 3.47. The van der Waals surface area contributed by atoms with E-state index in [1.54, 1.807) is 13.3 Å². The van der Waals surface area contributed by atoms with Crippen LogP contribution in [0.4, 0.5) is 5.69 Å². The van der Waals surface area contributed by atoms with Gasteiger partial charge in [-0.2, -0.15) is 0 Å². The quantitative estimate of drug-likeness (QED) is 0.827.